The number of H-pyrrole nitrogens is 1. The zero-order chi connectivity index (χ0) is 18.6. The minimum absolute atomic E-state index is 0.0835. The predicted molar refractivity (Wildman–Crippen MR) is 91.8 cm³/mol. The third kappa shape index (κ3) is 2.54. The minimum Gasteiger partial charge on any atom is -0.345 e. The summed E-state index contributed by atoms with van der Waals surface area (Å²) in [5.74, 6) is -2.75. The van der Waals surface area contributed by atoms with Crippen molar-refractivity contribution in [3.8, 4) is 0 Å². The number of hydrogen-bond acceptors (Lipinski definition) is 3. The summed E-state index contributed by atoms with van der Waals surface area (Å²) in [7, 11) is -3.93. The molecule has 0 saturated heterocycles. The van der Waals surface area contributed by atoms with Crippen LogP contribution in [0.25, 0.3) is 10.9 Å². The van der Waals surface area contributed by atoms with Crippen molar-refractivity contribution in [1.29, 1.82) is 0 Å². The van der Waals surface area contributed by atoms with Gasteiger partial charge in [0.25, 0.3) is 0 Å². The lowest BCUT2D eigenvalue weighted by Gasteiger charge is -2.07. The minimum atomic E-state index is -3.93. The molecule has 1 heterocycles. The number of carbonyl (C=O) groups is 1. The molecule has 0 spiro atoms. The topological polar surface area (TPSA) is 67.0 Å². The van der Waals surface area contributed by atoms with E-state index in [9.17, 15) is 22.0 Å². The normalized spacial score (nSPS) is 19.7. The number of halogens is 2. The maximum atomic E-state index is 13.8. The van der Waals surface area contributed by atoms with Crippen LogP contribution in [0.3, 0.4) is 0 Å². The number of aromatic amines is 1. The number of fused-ring (bicyclic) bond motifs is 1. The van der Waals surface area contributed by atoms with E-state index in [1.807, 2.05) is 6.92 Å². The highest BCUT2D eigenvalue weighted by Crippen LogP contribution is 2.51. The predicted octanol–water partition coefficient (Wildman–Crippen LogP) is 3.89. The molecule has 0 bridgehead atoms. The Labute approximate surface area is 148 Å². The van der Waals surface area contributed by atoms with Gasteiger partial charge in [0, 0.05) is 28.5 Å². The summed E-state index contributed by atoms with van der Waals surface area (Å²) < 4.78 is 53.6. The Morgan fingerprint density at radius 2 is 1.77 bits per heavy atom. The molecule has 1 fully saturated rings. The average molecular weight is 375 g/mol. The first-order chi connectivity index (χ1) is 12.3. The van der Waals surface area contributed by atoms with Gasteiger partial charge >= 0.3 is 0 Å². The van der Waals surface area contributed by atoms with Gasteiger partial charge in [0.1, 0.15) is 11.3 Å². The molecule has 134 valence electrons. The van der Waals surface area contributed by atoms with Crippen molar-refractivity contribution >= 4 is 27.0 Å². The maximum absolute atomic E-state index is 13.8. The van der Waals surface area contributed by atoms with Gasteiger partial charge in [-0.2, -0.15) is 0 Å². The molecule has 7 heteroatoms. The monoisotopic (exact) mass is 375 g/mol. The van der Waals surface area contributed by atoms with Gasteiger partial charge in [-0.25, -0.2) is 17.2 Å². The summed E-state index contributed by atoms with van der Waals surface area (Å²) in [5.41, 5.74) is 1.46. The zero-order valence-corrected chi connectivity index (χ0v) is 14.6. The van der Waals surface area contributed by atoms with Crippen molar-refractivity contribution in [2.45, 2.75) is 29.2 Å². The van der Waals surface area contributed by atoms with Gasteiger partial charge in [0.15, 0.2) is 11.6 Å². The molecule has 1 N–H and O–H groups in total. The van der Waals surface area contributed by atoms with Crippen molar-refractivity contribution in [3.05, 3.63) is 59.2 Å². The Balaban J connectivity index is 1.98. The standard InChI is InChI=1S/C19H15F2NO3S/c1-10-2-4-12(5-3-10)26(24,25)19-18(13-6-11(13)9-23)14-7-15(20)16(21)8-17(14)22-19/h2-5,7-9,11,13,22H,6H2,1H3/t11-,13+/m0/s1. The number of rotatable bonds is 4. The van der Waals surface area contributed by atoms with Crippen LogP contribution in [0.4, 0.5) is 8.78 Å². The van der Waals surface area contributed by atoms with E-state index in [0.29, 0.717) is 17.4 Å². The molecular weight excluding hydrogens is 360 g/mol. The molecule has 0 radical (unpaired) electrons. The number of aromatic nitrogens is 1. The third-order valence-corrected chi connectivity index (χ3v) is 6.58. The van der Waals surface area contributed by atoms with Crippen LogP contribution < -0.4 is 0 Å². The molecule has 2 aromatic carbocycles. The van der Waals surface area contributed by atoms with E-state index in [0.717, 1.165) is 24.0 Å². The molecule has 0 aliphatic heterocycles. The Kier molecular flexibility index (Phi) is 3.73. The van der Waals surface area contributed by atoms with Crippen molar-refractivity contribution in [2.75, 3.05) is 0 Å². The number of aldehydes is 1. The van der Waals surface area contributed by atoms with Crippen LogP contribution in [0.2, 0.25) is 0 Å². The van der Waals surface area contributed by atoms with E-state index in [-0.39, 0.29) is 27.3 Å². The highest BCUT2D eigenvalue weighted by Gasteiger charge is 2.43. The van der Waals surface area contributed by atoms with Crippen LogP contribution >= 0.6 is 0 Å². The number of carbonyl (C=O) groups excluding carboxylic acids is 1. The van der Waals surface area contributed by atoms with Crippen molar-refractivity contribution < 1.29 is 22.0 Å². The Morgan fingerprint density at radius 1 is 1.12 bits per heavy atom. The fourth-order valence-electron chi connectivity index (χ4n) is 3.30. The number of nitrogens with one attached hydrogen (secondary N) is 1. The lowest BCUT2D eigenvalue weighted by molar-refractivity contribution is -0.108. The largest absolute Gasteiger partial charge is 0.345 e. The molecule has 1 aliphatic carbocycles. The van der Waals surface area contributed by atoms with Gasteiger partial charge in [0.2, 0.25) is 9.84 Å². The van der Waals surface area contributed by atoms with Gasteiger partial charge in [-0.05, 0) is 37.5 Å². The fraction of sp³-hybridized carbons (Fsp3) is 0.211. The van der Waals surface area contributed by atoms with Crippen LogP contribution in [-0.4, -0.2) is 19.7 Å². The first kappa shape index (κ1) is 16.9. The summed E-state index contributed by atoms with van der Waals surface area (Å²) in [6, 6.07) is 8.28. The van der Waals surface area contributed by atoms with Crippen LogP contribution in [0.1, 0.15) is 23.5 Å². The summed E-state index contributed by atoms with van der Waals surface area (Å²) in [4.78, 5) is 13.9. The second kappa shape index (κ2) is 5.74. The summed E-state index contributed by atoms with van der Waals surface area (Å²) >= 11 is 0. The Hall–Kier alpha value is -2.54. The quantitative estimate of drug-likeness (QED) is 0.704. The van der Waals surface area contributed by atoms with Gasteiger partial charge in [-0.15, -0.1) is 0 Å². The van der Waals surface area contributed by atoms with Crippen LogP contribution in [-0.2, 0) is 14.6 Å². The number of sulfone groups is 1. The van der Waals surface area contributed by atoms with Crippen LogP contribution in [0.5, 0.6) is 0 Å². The first-order valence-electron chi connectivity index (χ1n) is 8.10. The molecule has 0 amide bonds. The number of hydrogen-bond donors (Lipinski definition) is 1. The van der Waals surface area contributed by atoms with E-state index in [1.165, 1.54) is 12.1 Å². The Morgan fingerprint density at radius 3 is 2.38 bits per heavy atom. The van der Waals surface area contributed by atoms with E-state index in [4.69, 9.17) is 0 Å². The van der Waals surface area contributed by atoms with Crippen molar-refractivity contribution in [1.82, 2.24) is 4.98 Å². The molecule has 0 unspecified atom stereocenters. The van der Waals surface area contributed by atoms with Crippen molar-refractivity contribution in [3.63, 3.8) is 0 Å². The van der Waals surface area contributed by atoms with E-state index in [1.54, 1.807) is 12.1 Å². The van der Waals surface area contributed by atoms with E-state index < -0.39 is 21.5 Å². The van der Waals surface area contributed by atoms with Crippen molar-refractivity contribution in [2.24, 2.45) is 5.92 Å². The van der Waals surface area contributed by atoms with Gasteiger partial charge in [-0.3, -0.25) is 0 Å². The van der Waals surface area contributed by atoms with Crippen LogP contribution in [0.15, 0.2) is 46.3 Å². The van der Waals surface area contributed by atoms with Gasteiger partial charge in [-0.1, -0.05) is 17.7 Å². The van der Waals surface area contributed by atoms with Gasteiger partial charge < -0.3 is 9.78 Å². The fourth-order valence-corrected chi connectivity index (χ4v) is 4.82. The second-order valence-corrected chi connectivity index (χ2v) is 8.52. The highest BCUT2D eigenvalue weighted by atomic mass is 32.2. The number of benzene rings is 2. The van der Waals surface area contributed by atoms with Crippen LogP contribution in [0, 0.1) is 24.5 Å². The SMILES string of the molecule is Cc1ccc(S(=O)(=O)c2[nH]c3cc(F)c(F)cc3c2[C@@H]2C[C@H]2C=O)cc1. The second-order valence-electron chi connectivity index (χ2n) is 6.64. The number of aryl methyl sites for hydroxylation is 1. The molecular formula is C19H15F2NO3S. The molecule has 26 heavy (non-hydrogen) atoms. The summed E-state index contributed by atoms with van der Waals surface area (Å²) in [6.07, 6.45) is 1.26. The zero-order valence-electron chi connectivity index (χ0n) is 13.8. The molecule has 4 nitrogen and oxygen atoms in total. The first-order valence-corrected chi connectivity index (χ1v) is 9.59. The molecule has 3 aromatic rings. The summed E-state index contributed by atoms with van der Waals surface area (Å²) in [5, 5.41) is 0.194. The van der Waals surface area contributed by atoms with Gasteiger partial charge in [0.05, 0.1) is 4.90 Å². The van der Waals surface area contributed by atoms with E-state index >= 15 is 0 Å². The maximum Gasteiger partial charge on any atom is 0.222 e. The molecule has 1 aliphatic rings. The molecule has 2 atom stereocenters. The average Bonchev–Trinajstić information content (AvgIpc) is 3.29. The lowest BCUT2D eigenvalue weighted by atomic mass is 10.1. The third-order valence-electron chi connectivity index (χ3n) is 4.83. The highest BCUT2D eigenvalue weighted by molar-refractivity contribution is 7.91. The van der Waals surface area contributed by atoms with E-state index in [2.05, 4.69) is 4.98 Å². The summed E-state index contributed by atoms with van der Waals surface area (Å²) in [6.45, 7) is 1.84. The smallest absolute Gasteiger partial charge is 0.222 e. The molecule has 1 saturated carbocycles. The molecule has 4 rings (SSSR count). The Bertz CT molecular complexity index is 1130. The lowest BCUT2D eigenvalue weighted by Crippen LogP contribution is -2.05. The molecule has 1 aromatic heterocycles.